The number of ether oxygens (including phenoxy) is 1. The van der Waals surface area contributed by atoms with Gasteiger partial charge in [0.05, 0.1) is 12.2 Å². The SMILES string of the molecule is CCOC(=O)C#C[C@]1(O)[C@H]2C[C@H]2C2C3C(CC[C@@]21C)[C@@]1(C)CC[C@H](O[Si](C)(C)C)C[C@@]1(O)[C@@H]1C[C@H]31. The molecule has 6 fully saturated rings. The van der Waals surface area contributed by atoms with Crippen LogP contribution in [0.4, 0.5) is 0 Å². The second-order valence-electron chi connectivity index (χ2n) is 14.4. The van der Waals surface area contributed by atoms with Gasteiger partial charge in [0.1, 0.15) is 5.60 Å². The van der Waals surface area contributed by atoms with Crippen molar-refractivity contribution < 1.29 is 24.2 Å². The zero-order valence-electron chi connectivity index (χ0n) is 22.4. The van der Waals surface area contributed by atoms with Gasteiger partial charge in [0, 0.05) is 29.8 Å². The van der Waals surface area contributed by atoms with Gasteiger partial charge in [0.25, 0.3) is 0 Å². The van der Waals surface area contributed by atoms with Gasteiger partial charge in [-0.25, -0.2) is 4.79 Å². The van der Waals surface area contributed by atoms with Gasteiger partial charge in [-0.2, -0.15) is 0 Å². The van der Waals surface area contributed by atoms with Gasteiger partial charge in [-0.3, -0.25) is 0 Å². The van der Waals surface area contributed by atoms with Crippen molar-refractivity contribution in [3.8, 4) is 11.8 Å². The van der Waals surface area contributed by atoms with Gasteiger partial charge in [0.15, 0.2) is 8.32 Å². The molecule has 0 aromatic heterocycles. The first-order valence-corrected chi connectivity index (χ1v) is 17.5. The van der Waals surface area contributed by atoms with Gasteiger partial charge in [-0.15, -0.1) is 0 Å². The Morgan fingerprint density at radius 1 is 1.00 bits per heavy atom. The Morgan fingerprint density at radius 2 is 1.69 bits per heavy atom. The molecule has 3 unspecified atom stereocenters. The summed E-state index contributed by atoms with van der Waals surface area (Å²) in [7, 11) is -1.65. The quantitative estimate of drug-likeness (QED) is 0.260. The first-order chi connectivity index (χ1) is 16.3. The average molecular weight is 501 g/mol. The molecule has 0 aromatic carbocycles. The van der Waals surface area contributed by atoms with Gasteiger partial charge in [0.2, 0.25) is 0 Å². The lowest BCUT2D eigenvalue weighted by atomic mass is 9.42. The van der Waals surface area contributed by atoms with Crippen molar-refractivity contribution in [2.45, 2.75) is 103 Å². The zero-order valence-corrected chi connectivity index (χ0v) is 23.4. The van der Waals surface area contributed by atoms with Crippen molar-refractivity contribution >= 4 is 14.3 Å². The Kier molecular flexibility index (Phi) is 5.15. The molecule has 0 bridgehead atoms. The number of fused-ring (bicyclic) bond motifs is 10. The normalized spacial score (nSPS) is 55.2. The first-order valence-electron chi connectivity index (χ1n) is 14.1. The second kappa shape index (κ2) is 7.37. The summed E-state index contributed by atoms with van der Waals surface area (Å²) in [6.45, 7) is 13.5. The highest BCUT2D eigenvalue weighted by molar-refractivity contribution is 6.69. The third-order valence-corrected chi connectivity index (χ3v) is 12.8. The second-order valence-corrected chi connectivity index (χ2v) is 18.8. The number of rotatable bonds is 3. The molecule has 6 saturated carbocycles. The molecule has 0 spiro atoms. The molecular formula is C29H44O5Si. The molecule has 0 saturated heterocycles. The topological polar surface area (TPSA) is 76.0 Å². The summed E-state index contributed by atoms with van der Waals surface area (Å²) in [5.74, 6) is 8.23. The Labute approximate surface area is 211 Å². The monoisotopic (exact) mass is 500 g/mol. The summed E-state index contributed by atoms with van der Waals surface area (Å²) >= 11 is 0. The Bertz CT molecular complexity index is 995. The third kappa shape index (κ3) is 3.20. The molecule has 0 aromatic rings. The maximum absolute atomic E-state index is 12.4. The highest BCUT2D eigenvalue weighted by Crippen LogP contribution is 2.81. The van der Waals surface area contributed by atoms with Gasteiger partial charge in [-0.05, 0) is 106 Å². The van der Waals surface area contributed by atoms with Crippen LogP contribution in [-0.4, -0.2) is 48.4 Å². The third-order valence-electron chi connectivity index (χ3n) is 11.7. The Hall–Kier alpha value is -0.873. The van der Waals surface area contributed by atoms with Crippen LogP contribution in [0, 0.1) is 64.1 Å². The number of esters is 1. The highest BCUT2D eigenvalue weighted by Gasteiger charge is 2.81. The number of hydrogen-bond donors (Lipinski definition) is 2. The lowest BCUT2D eigenvalue weighted by Crippen LogP contribution is -2.66. The van der Waals surface area contributed by atoms with E-state index < -0.39 is 25.5 Å². The molecule has 5 nitrogen and oxygen atoms in total. The summed E-state index contributed by atoms with van der Waals surface area (Å²) in [5, 5.41) is 24.4. The van der Waals surface area contributed by atoms with E-state index in [-0.39, 0.29) is 22.9 Å². The van der Waals surface area contributed by atoms with Crippen molar-refractivity contribution in [1.29, 1.82) is 0 Å². The molecule has 6 aliphatic carbocycles. The van der Waals surface area contributed by atoms with Crippen LogP contribution in [0.1, 0.15) is 65.7 Å². The molecule has 0 heterocycles. The summed E-state index contributed by atoms with van der Waals surface area (Å²) in [4.78, 5) is 12.0. The number of carbonyl (C=O) groups is 1. The molecule has 0 radical (unpaired) electrons. The van der Waals surface area contributed by atoms with Gasteiger partial charge >= 0.3 is 5.97 Å². The van der Waals surface area contributed by atoms with Gasteiger partial charge < -0.3 is 19.4 Å². The van der Waals surface area contributed by atoms with E-state index in [1.54, 1.807) is 6.92 Å². The van der Waals surface area contributed by atoms with E-state index in [4.69, 9.17) is 9.16 Å². The summed E-state index contributed by atoms with van der Waals surface area (Å²) in [6.07, 6.45) is 7.14. The summed E-state index contributed by atoms with van der Waals surface area (Å²) in [6, 6.07) is 0. The zero-order chi connectivity index (χ0) is 25.2. The fourth-order valence-corrected chi connectivity index (χ4v) is 11.5. The fraction of sp³-hybridized carbons (Fsp3) is 0.897. The Morgan fingerprint density at radius 3 is 2.37 bits per heavy atom. The molecule has 0 aliphatic heterocycles. The first kappa shape index (κ1) is 24.5. The van der Waals surface area contributed by atoms with Crippen molar-refractivity contribution in [2.75, 3.05) is 6.61 Å². The predicted octanol–water partition coefficient (Wildman–Crippen LogP) is 4.37. The van der Waals surface area contributed by atoms with Crippen molar-refractivity contribution in [3.63, 3.8) is 0 Å². The van der Waals surface area contributed by atoms with Crippen molar-refractivity contribution in [2.24, 2.45) is 52.3 Å². The largest absolute Gasteiger partial charge is 0.456 e. The highest BCUT2D eigenvalue weighted by atomic mass is 28.4. The van der Waals surface area contributed by atoms with E-state index in [0.29, 0.717) is 42.1 Å². The molecule has 0 amide bonds. The number of hydrogen-bond acceptors (Lipinski definition) is 5. The van der Waals surface area contributed by atoms with Crippen LogP contribution in [0.5, 0.6) is 0 Å². The predicted molar refractivity (Wildman–Crippen MR) is 135 cm³/mol. The van der Waals surface area contributed by atoms with Gasteiger partial charge in [-0.1, -0.05) is 19.8 Å². The van der Waals surface area contributed by atoms with Crippen molar-refractivity contribution in [3.05, 3.63) is 0 Å². The molecule has 194 valence electrons. The lowest BCUT2D eigenvalue weighted by molar-refractivity contribution is -0.232. The minimum Gasteiger partial charge on any atom is -0.456 e. The molecule has 12 atom stereocenters. The number of carbonyl (C=O) groups excluding carboxylic acids is 1. The van der Waals surface area contributed by atoms with Crippen LogP contribution in [0.3, 0.4) is 0 Å². The maximum Gasteiger partial charge on any atom is 0.384 e. The minimum absolute atomic E-state index is 0.0856. The smallest absolute Gasteiger partial charge is 0.384 e. The molecular weight excluding hydrogens is 456 g/mol. The molecule has 2 N–H and O–H groups in total. The summed E-state index contributed by atoms with van der Waals surface area (Å²) in [5.41, 5.74) is -2.12. The number of aliphatic hydroxyl groups is 2. The fourth-order valence-electron chi connectivity index (χ4n) is 10.3. The molecule has 35 heavy (non-hydrogen) atoms. The van der Waals surface area contributed by atoms with E-state index in [0.717, 1.165) is 44.9 Å². The molecule has 6 heteroatoms. The van der Waals surface area contributed by atoms with E-state index in [2.05, 4.69) is 45.3 Å². The van der Waals surface area contributed by atoms with Crippen LogP contribution in [0.15, 0.2) is 0 Å². The molecule has 6 aliphatic rings. The Balaban J connectivity index is 1.31. The van der Waals surface area contributed by atoms with E-state index in [9.17, 15) is 15.0 Å². The van der Waals surface area contributed by atoms with Crippen LogP contribution in [-0.2, 0) is 14.0 Å². The minimum atomic E-state index is -1.65. The van der Waals surface area contributed by atoms with Crippen LogP contribution >= 0.6 is 0 Å². The maximum atomic E-state index is 12.4. The van der Waals surface area contributed by atoms with E-state index >= 15 is 0 Å². The standard InChI is InChI=1S/C29H44O5Si/c1-7-33-23(30)10-13-28(31)22-15-19(22)25-24-18-14-21(18)29(32)16-17(34-35(4,5)6)8-11-26(29,2)20(24)9-12-27(25,28)3/h17-22,24-25,31-32H,7-9,11-12,14-16H2,1-6H3/t17-,18-,19+,20?,21+,22-,24?,25?,26+,27-,28-,29+/m0/s1. The summed E-state index contributed by atoms with van der Waals surface area (Å²) < 4.78 is 11.6. The van der Waals surface area contributed by atoms with Crippen LogP contribution in [0.2, 0.25) is 19.6 Å². The van der Waals surface area contributed by atoms with Crippen LogP contribution < -0.4 is 0 Å². The average Bonchev–Trinajstić information content (AvgIpc) is 3.66. The lowest BCUT2D eigenvalue weighted by Gasteiger charge is -2.64. The van der Waals surface area contributed by atoms with Crippen LogP contribution in [0.25, 0.3) is 0 Å². The molecule has 6 rings (SSSR count). The van der Waals surface area contributed by atoms with E-state index in [1.165, 1.54) is 0 Å². The van der Waals surface area contributed by atoms with Crippen molar-refractivity contribution in [1.82, 2.24) is 0 Å². The van der Waals surface area contributed by atoms with E-state index in [1.807, 2.05) is 0 Å².